The first-order valence-electron chi connectivity index (χ1n) is 9.15. The van der Waals surface area contributed by atoms with E-state index >= 15 is 0 Å². The third-order valence-corrected chi connectivity index (χ3v) is 5.70. The van der Waals surface area contributed by atoms with Crippen LogP contribution < -0.4 is 10.9 Å². The van der Waals surface area contributed by atoms with Gasteiger partial charge in [0.25, 0.3) is 11.4 Å². The van der Waals surface area contributed by atoms with Gasteiger partial charge in [-0.2, -0.15) is 10.2 Å². The predicted molar refractivity (Wildman–Crippen MR) is 127 cm³/mol. The Morgan fingerprint density at radius 3 is 1.78 bits per heavy atom. The van der Waals surface area contributed by atoms with E-state index in [2.05, 4.69) is 21.1 Å². The summed E-state index contributed by atoms with van der Waals surface area (Å²) < 4.78 is 0. The first kappa shape index (κ1) is 22.8. The number of anilines is 2. The number of alkyl halides is 1. The Balaban J connectivity index is 1.67. The van der Waals surface area contributed by atoms with Gasteiger partial charge in [-0.3, -0.25) is 31.1 Å². The maximum Gasteiger partial charge on any atom is 0.269 e. The third-order valence-electron chi connectivity index (χ3n) is 4.20. The van der Waals surface area contributed by atoms with Gasteiger partial charge < -0.3 is 0 Å². The van der Waals surface area contributed by atoms with Crippen molar-refractivity contribution >= 4 is 57.1 Å². The summed E-state index contributed by atoms with van der Waals surface area (Å²) in [4.78, 5) is 22.3. The van der Waals surface area contributed by atoms with Crippen LogP contribution in [0.3, 0.4) is 0 Å². The zero-order valence-electron chi connectivity index (χ0n) is 16.7. The number of rotatable bonds is 9. The normalized spacial score (nSPS) is 11.8. The number of halogens is 1. The second-order valence-corrected chi connectivity index (χ2v) is 7.74. The van der Waals surface area contributed by atoms with Crippen molar-refractivity contribution in [2.75, 3.05) is 16.7 Å². The summed E-state index contributed by atoms with van der Waals surface area (Å²) in [5, 5.41) is 30.1. The van der Waals surface area contributed by atoms with E-state index in [4.69, 9.17) is 11.6 Å². The topological polar surface area (TPSA) is 135 Å². The van der Waals surface area contributed by atoms with E-state index in [1.165, 1.54) is 35.6 Å². The fourth-order valence-electron chi connectivity index (χ4n) is 2.49. The van der Waals surface area contributed by atoms with Gasteiger partial charge in [-0.05, 0) is 43.3 Å². The van der Waals surface area contributed by atoms with Crippen LogP contribution in [0, 0.1) is 20.2 Å². The average Bonchev–Trinajstić information content (AvgIpc) is 3.28. The Morgan fingerprint density at radius 2 is 1.31 bits per heavy atom. The van der Waals surface area contributed by atoms with Crippen LogP contribution in [0.2, 0.25) is 0 Å². The molecule has 10 nitrogen and oxygen atoms in total. The molecule has 0 saturated heterocycles. The number of non-ortho nitro benzene ring substituents is 2. The van der Waals surface area contributed by atoms with Crippen LogP contribution in [0.15, 0.2) is 70.9 Å². The van der Waals surface area contributed by atoms with Crippen LogP contribution >= 0.6 is 22.9 Å². The minimum absolute atomic E-state index is 0.00269. The molecule has 0 fully saturated rings. The van der Waals surface area contributed by atoms with Crippen LogP contribution in [0.4, 0.5) is 22.7 Å². The predicted octanol–water partition coefficient (Wildman–Crippen LogP) is 5.46. The molecule has 0 bridgehead atoms. The molecule has 0 atom stereocenters. The standard InChI is InChI=1S/C20H17ClN6O4S/c1-13(22-23-14-2-6-16(7-3-14)26(28)29)19-10-11-20(32-19)18(12-21)25-24-15-4-8-17(9-5-15)27(30)31/h2-11,23-24H,12H2,1H3/b22-13+,25-18-. The molecule has 0 aliphatic carbocycles. The average molecular weight is 473 g/mol. The Bertz CT molecular complexity index is 1180. The molecule has 3 aromatic rings. The summed E-state index contributed by atoms with van der Waals surface area (Å²) >= 11 is 7.51. The van der Waals surface area contributed by atoms with Crippen molar-refractivity contribution in [1.82, 2.24) is 0 Å². The van der Waals surface area contributed by atoms with Gasteiger partial charge in [0, 0.05) is 24.3 Å². The summed E-state index contributed by atoms with van der Waals surface area (Å²) in [5.74, 6) is 0.164. The van der Waals surface area contributed by atoms with Crippen LogP contribution in [0.5, 0.6) is 0 Å². The number of thiophene rings is 1. The summed E-state index contributed by atoms with van der Waals surface area (Å²) in [6, 6.07) is 15.6. The van der Waals surface area contributed by atoms with Crippen molar-refractivity contribution in [3.8, 4) is 0 Å². The Labute approximate surface area is 191 Å². The molecule has 164 valence electrons. The van der Waals surface area contributed by atoms with Gasteiger partial charge in [-0.1, -0.05) is 0 Å². The Kier molecular flexibility index (Phi) is 7.47. The van der Waals surface area contributed by atoms with E-state index in [9.17, 15) is 20.2 Å². The molecular weight excluding hydrogens is 456 g/mol. The molecule has 0 unspecified atom stereocenters. The molecule has 0 spiro atoms. The molecule has 2 aromatic carbocycles. The van der Waals surface area contributed by atoms with E-state index in [1.54, 1.807) is 24.3 Å². The molecule has 12 heteroatoms. The fourth-order valence-corrected chi connectivity index (χ4v) is 3.71. The summed E-state index contributed by atoms with van der Waals surface area (Å²) in [6.07, 6.45) is 0. The molecule has 0 radical (unpaired) electrons. The Morgan fingerprint density at radius 1 is 0.844 bits per heavy atom. The summed E-state index contributed by atoms with van der Waals surface area (Å²) in [5.41, 5.74) is 8.29. The van der Waals surface area contributed by atoms with Crippen LogP contribution in [-0.4, -0.2) is 27.1 Å². The molecule has 32 heavy (non-hydrogen) atoms. The molecule has 1 aromatic heterocycles. The Hall–Kier alpha value is -3.83. The quantitative estimate of drug-likeness (QED) is 0.184. The fraction of sp³-hybridized carbons (Fsp3) is 0.100. The van der Waals surface area contributed by atoms with Gasteiger partial charge >= 0.3 is 0 Å². The zero-order chi connectivity index (χ0) is 23.1. The summed E-state index contributed by atoms with van der Waals surface area (Å²) in [6.45, 7) is 1.83. The van der Waals surface area contributed by atoms with Gasteiger partial charge in [0.15, 0.2) is 0 Å². The molecular formula is C20H17ClN6O4S. The van der Waals surface area contributed by atoms with Crippen molar-refractivity contribution < 1.29 is 9.85 Å². The van der Waals surface area contributed by atoms with Crippen molar-refractivity contribution in [3.05, 3.63) is 90.6 Å². The van der Waals surface area contributed by atoms with Crippen molar-refractivity contribution in [3.63, 3.8) is 0 Å². The number of nitrogens with one attached hydrogen (secondary N) is 2. The maximum absolute atomic E-state index is 10.7. The SMILES string of the molecule is C/C(=N\Nc1ccc([N+](=O)[O-])cc1)c1ccc(/C(CCl)=N\Nc2ccc([N+](=O)[O-])cc2)s1. The lowest BCUT2D eigenvalue weighted by molar-refractivity contribution is -0.385. The molecule has 1 heterocycles. The number of nitro groups is 2. The van der Waals surface area contributed by atoms with Gasteiger partial charge in [-0.25, -0.2) is 0 Å². The molecule has 0 aliphatic heterocycles. The van der Waals surface area contributed by atoms with E-state index in [0.717, 1.165) is 15.5 Å². The van der Waals surface area contributed by atoms with Crippen molar-refractivity contribution in [2.24, 2.45) is 10.2 Å². The molecule has 0 aliphatic rings. The molecule has 0 amide bonds. The van der Waals surface area contributed by atoms with Crippen LogP contribution in [0.1, 0.15) is 16.7 Å². The minimum Gasteiger partial charge on any atom is -0.278 e. The monoisotopic (exact) mass is 472 g/mol. The number of hydrogen-bond acceptors (Lipinski definition) is 9. The highest BCUT2D eigenvalue weighted by Crippen LogP contribution is 2.21. The number of hydrogen-bond donors (Lipinski definition) is 2. The van der Waals surface area contributed by atoms with E-state index < -0.39 is 9.85 Å². The second kappa shape index (κ2) is 10.5. The molecule has 2 N–H and O–H groups in total. The molecule has 3 rings (SSSR count). The van der Waals surface area contributed by atoms with E-state index in [1.807, 2.05) is 19.1 Å². The van der Waals surface area contributed by atoms with E-state index in [-0.39, 0.29) is 17.3 Å². The van der Waals surface area contributed by atoms with Gasteiger partial charge in [-0.15, -0.1) is 22.9 Å². The largest absolute Gasteiger partial charge is 0.278 e. The zero-order valence-corrected chi connectivity index (χ0v) is 18.3. The first-order valence-corrected chi connectivity index (χ1v) is 10.5. The molecule has 0 saturated carbocycles. The van der Waals surface area contributed by atoms with Crippen LogP contribution in [-0.2, 0) is 0 Å². The van der Waals surface area contributed by atoms with Gasteiger partial charge in [0.2, 0.25) is 0 Å². The summed E-state index contributed by atoms with van der Waals surface area (Å²) in [7, 11) is 0. The maximum atomic E-state index is 10.7. The highest BCUT2D eigenvalue weighted by molar-refractivity contribution is 7.16. The van der Waals surface area contributed by atoms with E-state index in [0.29, 0.717) is 17.1 Å². The van der Waals surface area contributed by atoms with Gasteiger partial charge in [0.1, 0.15) is 0 Å². The number of hydrazone groups is 2. The smallest absolute Gasteiger partial charge is 0.269 e. The second-order valence-electron chi connectivity index (χ2n) is 6.38. The number of nitrogens with zero attached hydrogens (tertiary/aromatic N) is 4. The third kappa shape index (κ3) is 5.86. The first-order chi connectivity index (χ1) is 15.4. The highest BCUT2D eigenvalue weighted by Gasteiger charge is 2.10. The lowest BCUT2D eigenvalue weighted by Gasteiger charge is -2.03. The number of benzene rings is 2. The lowest BCUT2D eigenvalue weighted by atomic mass is 10.3. The number of nitro benzene ring substituents is 2. The lowest BCUT2D eigenvalue weighted by Crippen LogP contribution is -2.04. The van der Waals surface area contributed by atoms with Crippen molar-refractivity contribution in [1.29, 1.82) is 0 Å². The minimum atomic E-state index is -0.467. The highest BCUT2D eigenvalue weighted by atomic mass is 35.5. The van der Waals surface area contributed by atoms with Crippen LogP contribution in [0.25, 0.3) is 0 Å². The van der Waals surface area contributed by atoms with Gasteiger partial charge in [0.05, 0.1) is 48.3 Å². The van der Waals surface area contributed by atoms with Crippen molar-refractivity contribution in [2.45, 2.75) is 6.92 Å².